The Morgan fingerprint density at radius 3 is 2.62 bits per heavy atom. The summed E-state index contributed by atoms with van der Waals surface area (Å²) in [5.74, 6) is 0.0729. The van der Waals surface area contributed by atoms with Gasteiger partial charge >= 0.3 is 0 Å². The van der Waals surface area contributed by atoms with Crippen LogP contribution in [0.5, 0.6) is 0 Å². The number of amides is 2. The van der Waals surface area contributed by atoms with Crippen LogP contribution in [0.3, 0.4) is 0 Å². The number of carbonyl (C=O) groups is 2. The highest BCUT2D eigenvalue weighted by Crippen LogP contribution is 2.37. The van der Waals surface area contributed by atoms with E-state index in [1.807, 2.05) is 17.9 Å². The molecule has 1 aliphatic carbocycles. The van der Waals surface area contributed by atoms with E-state index >= 15 is 0 Å². The van der Waals surface area contributed by atoms with Crippen molar-refractivity contribution in [1.82, 2.24) is 20.1 Å². The van der Waals surface area contributed by atoms with Crippen LogP contribution in [0.25, 0.3) is 0 Å². The average Bonchev–Trinajstić information content (AvgIpc) is 2.74. The van der Waals surface area contributed by atoms with Crippen molar-refractivity contribution in [3.63, 3.8) is 0 Å². The van der Waals surface area contributed by atoms with Crippen LogP contribution in [0.4, 0.5) is 0 Å². The van der Waals surface area contributed by atoms with E-state index in [2.05, 4.69) is 22.1 Å². The Kier molecular flexibility index (Phi) is 7.64. The largest absolute Gasteiger partial charge is 0.354 e. The molecule has 1 N–H and O–H groups in total. The molecule has 0 bridgehead atoms. The number of rotatable bonds is 3. The molecule has 1 spiro atoms. The minimum absolute atomic E-state index is 0.00393. The molecule has 2 amide bonds. The van der Waals surface area contributed by atoms with E-state index in [0.717, 1.165) is 44.3 Å². The maximum atomic E-state index is 13.0. The summed E-state index contributed by atoms with van der Waals surface area (Å²) in [4.78, 5) is 34.5. The lowest BCUT2D eigenvalue weighted by molar-refractivity contribution is -0.125. The monoisotopic (exact) mass is 400 g/mol. The Morgan fingerprint density at radius 1 is 1.14 bits per heavy atom. The standard InChI is InChI=1S/C23H36N4O2/c1-3-13-27-15-7-14-26(22(29)20-9-8-19(2)18-25-20)16-12-24-21(28)17-23(27)10-5-4-6-11-23/h8-9,18H,3-7,10-17H2,1-2H3,(H,24,28). The number of hydrogen-bond acceptors (Lipinski definition) is 4. The summed E-state index contributed by atoms with van der Waals surface area (Å²) in [6, 6.07) is 3.71. The Morgan fingerprint density at radius 2 is 1.93 bits per heavy atom. The summed E-state index contributed by atoms with van der Waals surface area (Å²) in [5, 5.41) is 3.08. The van der Waals surface area contributed by atoms with Gasteiger partial charge in [0.2, 0.25) is 5.91 Å². The van der Waals surface area contributed by atoms with E-state index in [4.69, 9.17) is 0 Å². The van der Waals surface area contributed by atoms with Crippen LogP contribution in [-0.2, 0) is 4.79 Å². The molecule has 29 heavy (non-hydrogen) atoms. The molecule has 6 heteroatoms. The van der Waals surface area contributed by atoms with Gasteiger partial charge < -0.3 is 10.2 Å². The molecule has 2 aliphatic rings. The maximum absolute atomic E-state index is 13.0. The summed E-state index contributed by atoms with van der Waals surface area (Å²) in [6.07, 6.45) is 10.2. The summed E-state index contributed by atoms with van der Waals surface area (Å²) in [7, 11) is 0. The van der Waals surface area contributed by atoms with Crippen molar-refractivity contribution in [3.05, 3.63) is 29.6 Å². The Balaban J connectivity index is 1.75. The maximum Gasteiger partial charge on any atom is 0.272 e. The highest BCUT2D eigenvalue weighted by molar-refractivity contribution is 5.92. The third-order valence-corrected chi connectivity index (χ3v) is 6.42. The topological polar surface area (TPSA) is 65.5 Å². The highest BCUT2D eigenvalue weighted by Gasteiger charge is 2.39. The zero-order valence-electron chi connectivity index (χ0n) is 18.1. The van der Waals surface area contributed by atoms with Crippen molar-refractivity contribution < 1.29 is 9.59 Å². The van der Waals surface area contributed by atoms with Crippen LogP contribution in [0.15, 0.2) is 18.3 Å². The summed E-state index contributed by atoms with van der Waals surface area (Å²) < 4.78 is 0. The van der Waals surface area contributed by atoms with E-state index in [9.17, 15) is 9.59 Å². The van der Waals surface area contributed by atoms with Gasteiger partial charge in [-0.15, -0.1) is 0 Å². The molecule has 1 aliphatic heterocycles. The minimum atomic E-state index is -0.0482. The van der Waals surface area contributed by atoms with E-state index in [1.54, 1.807) is 12.3 Å². The molecule has 0 radical (unpaired) electrons. The molecule has 1 saturated heterocycles. The van der Waals surface area contributed by atoms with Crippen molar-refractivity contribution in [2.45, 2.75) is 70.8 Å². The quantitative estimate of drug-likeness (QED) is 0.846. The molecule has 2 fully saturated rings. The number of carbonyl (C=O) groups excluding carboxylic acids is 2. The molecule has 0 atom stereocenters. The van der Waals surface area contributed by atoms with Crippen molar-refractivity contribution in [2.75, 3.05) is 32.7 Å². The lowest BCUT2D eigenvalue weighted by Crippen LogP contribution is -2.53. The molecular formula is C23H36N4O2. The first-order chi connectivity index (χ1) is 14.0. The second-order valence-electron chi connectivity index (χ2n) is 8.67. The first-order valence-electron chi connectivity index (χ1n) is 11.3. The Hall–Kier alpha value is -1.95. The smallest absolute Gasteiger partial charge is 0.272 e. The van der Waals surface area contributed by atoms with Gasteiger partial charge in [-0.25, -0.2) is 0 Å². The fraction of sp³-hybridized carbons (Fsp3) is 0.696. The van der Waals surface area contributed by atoms with Gasteiger partial charge in [0.25, 0.3) is 5.91 Å². The molecule has 1 aromatic heterocycles. The fourth-order valence-electron chi connectivity index (χ4n) is 4.89. The zero-order chi connectivity index (χ0) is 20.7. The van der Waals surface area contributed by atoms with E-state index in [0.29, 0.717) is 31.7 Å². The van der Waals surface area contributed by atoms with Gasteiger partial charge in [0, 0.05) is 44.3 Å². The van der Waals surface area contributed by atoms with Crippen molar-refractivity contribution >= 4 is 11.8 Å². The molecule has 160 valence electrons. The molecule has 0 aromatic carbocycles. The molecule has 2 heterocycles. The summed E-state index contributed by atoms with van der Waals surface area (Å²) >= 11 is 0. The highest BCUT2D eigenvalue weighted by atomic mass is 16.2. The normalized spacial score (nSPS) is 21.4. The molecule has 0 unspecified atom stereocenters. The molecule has 1 saturated carbocycles. The van der Waals surface area contributed by atoms with Crippen LogP contribution in [0.2, 0.25) is 0 Å². The minimum Gasteiger partial charge on any atom is -0.354 e. The van der Waals surface area contributed by atoms with E-state index in [-0.39, 0.29) is 17.4 Å². The Bertz CT molecular complexity index is 683. The van der Waals surface area contributed by atoms with Gasteiger partial charge in [0.05, 0.1) is 0 Å². The zero-order valence-corrected chi connectivity index (χ0v) is 18.1. The molecular weight excluding hydrogens is 364 g/mol. The average molecular weight is 401 g/mol. The second kappa shape index (κ2) is 10.2. The van der Waals surface area contributed by atoms with Crippen LogP contribution >= 0.6 is 0 Å². The van der Waals surface area contributed by atoms with Crippen LogP contribution in [0, 0.1) is 6.92 Å². The third-order valence-electron chi connectivity index (χ3n) is 6.42. The fourth-order valence-corrected chi connectivity index (χ4v) is 4.89. The van der Waals surface area contributed by atoms with Crippen molar-refractivity contribution in [2.24, 2.45) is 0 Å². The number of nitrogens with one attached hydrogen (secondary N) is 1. The number of aryl methyl sites for hydroxylation is 1. The predicted molar refractivity (Wildman–Crippen MR) is 115 cm³/mol. The summed E-state index contributed by atoms with van der Waals surface area (Å²) in [6.45, 7) is 7.85. The van der Waals surface area contributed by atoms with Gasteiger partial charge in [0.1, 0.15) is 5.69 Å². The van der Waals surface area contributed by atoms with Gasteiger partial charge in [-0.3, -0.25) is 19.5 Å². The van der Waals surface area contributed by atoms with Gasteiger partial charge in [0.15, 0.2) is 0 Å². The SMILES string of the molecule is CCCN1CCCN(C(=O)c2ccc(C)cn2)CCNC(=O)CC12CCCCC2. The van der Waals surface area contributed by atoms with E-state index < -0.39 is 0 Å². The van der Waals surface area contributed by atoms with Crippen molar-refractivity contribution in [3.8, 4) is 0 Å². The van der Waals surface area contributed by atoms with Gasteiger partial charge in [-0.05, 0) is 50.8 Å². The van der Waals surface area contributed by atoms with Crippen LogP contribution < -0.4 is 5.32 Å². The molecule has 3 rings (SSSR count). The predicted octanol–water partition coefficient (Wildman–Crippen LogP) is 3.16. The Labute approximate surface area is 175 Å². The number of nitrogens with zero attached hydrogens (tertiary/aromatic N) is 3. The van der Waals surface area contributed by atoms with Crippen molar-refractivity contribution in [1.29, 1.82) is 0 Å². The van der Waals surface area contributed by atoms with Gasteiger partial charge in [-0.1, -0.05) is 32.3 Å². The summed E-state index contributed by atoms with van der Waals surface area (Å²) in [5.41, 5.74) is 1.51. The number of hydrogen-bond donors (Lipinski definition) is 1. The lowest BCUT2D eigenvalue weighted by atomic mass is 9.77. The molecule has 1 aromatic rings. The number of pyridine rings is 1. The van der Waals surface area contributed by atoms with Crippen LogP contribution in [-0.4, -0.2) is 64.9 Å². The number of aromatic nitrogens is 1. The first-order valence-corrected chi connectivity index (χ1v) is 11.3. The first kappa shape index (κ1) is 21.8. The van der Waals surface area contributed by atoms with Crippen LogP contribution in [0.1, 0.15) is 74.3 Å². The lowest BCUT2D eigenvalue weighted by Gasteiger charge is -2.46. The van der Waals surface area contributed by atoms with Gasteiger partial charge in [-0.2, -0.15) is 0 Å². The molecule has 6 nitrogen and oxygen atoms in total. The third kappa shape index (κ3) is 5.56. The van der Waals surface area contributed by atoms with E-state index in [1.165, 1.54) is 19.3 Å². The second-order valence-corrected chi connectivity index (χ2v) is 8.67.